The molecular formula is C31H40N2O4S. The van der Waals surface area contributed by atoms with Crippen molar-refractivity contribution in [2.45, 2.75) is 89.2 Å². The Morgan fingerprint density at radius 3 is 2.32 bits per heavy atom. The van der Waals surface area contributed by atoms with Crippen molar-refractivity contribution < 1.29 is 17.9 Å². The highest BCUT2D eigenvalue weighted by molar-refractivity contribution is 7.92. The second-order valence-corrected chi connectivity index (χ2v) is 14.4. The van der Waals surface area contributed by atoms with Crippen LogP contribution in [0.5, 0.6) is 5.75 Å². The fourth-order valence-corrected chi connectivity index (χ4v) is 9.60. The molecule has 6 nitrogen and oxygen atoms in total. The van der Waals surface area contributed by atoms with Crippen molar-refractivity contribution in [1.29, 1.82) is 0 Å². The normalized spacial score (nSPS) is 36.4. The van der Waals surface area contributed by atoms with E-state index < -0.39 is 10.0 Å². The van der Waals surface area contributed by atoms with Gasteiger partial charge in [-0.25, -0.2) is 8.42 Å². The summed E-state index contributed by atoms with van der Waals surface area (Å²) in [6.45, 7) is 6.81. The van der Waals surface area contributed by atoms with Gasteiger partial charge >= 0.3 is 0 Å². The van der Waals surface area contributed by atoms with Gasteiger partial charge in [0, 0.05) is 23.6 Å². The molecule has 0 bridgehead atoms. The van der Waals surface area contributed by atoms with E-state index in [4.69, 9.17) is 4.74 Å². The zero-order chi connectivity index (χ0) is 26.7. The number of ether oxygens (including phenoxy) is 1. The number of amides is 1. The molecule has 0 radical (unpaired) electrons. The minimum Gasteiger partial charge on any atom is -0.490 e. The third kappa shape index (κ3) is 4.31. The summed E-state index contributed by atoms with van der Waals surface area (Å²) in [6, 6.07) is 14.5. The summed E-state index contributed by atoms with van der Waals surface area (Å²) in [7, 11) is -3.63. The molecule has 7 heteroatoms. The third-order valence-corrected chi connectivity index (χ3v) is 12.1. The Morgan fingerprint density at radius 1 is 0.868 bits per heavy atom. The Morgan fingerprint density at radius 2 is 1.58 bits per heavy atom. The summed E-state index contributed by atoms with van der Waals surface area (Å²) in [6.07, 6.45) is 8.78. The van der Waals surface area contributed by atoms with Crippen molar-refractivity contribution in [3.05, 3.63) is 54.1 Å². The van der Waals surface area contributed by atoms with E-state index in [9.17, 15) is 13.2 Å². The number of hydrogen-bond donors (Lipinski definition) is 2. The van der Waals surface area contributed by atoms with Gasteiger partial charge < -0.3 is 10.1 Å². The summed E-state index contributed by atoms with van der Waals surface area (Å²) in [5, 5.41) is 3.33. The van der Waals surface area contributed by atoms with Crippen LogP contribution >= 0.6 is 0 Å². The number of benzene rings is 2. The molecule has 2 N–H and O–H groups in total. The maximum Gasteiger partial charge on any atom is 0.261 e. The standard InChI is InChI=1S/C31H40N2O4S/c1-20-4-10-23(11-5-20)38(35,36)33-21-6-8-22(9-7-21)37-28-15-13-25-24-12-14-27-30(2,19-17-29(34)32-27)26(24)16-18-31(25,28)3/h4-11,24-28,33H,12-19H2,1-3H3,(H,32,34)/t24-,25-,26+,27?,28?,30+,31-/m0/s1. The molecule has 4 aliphatic rings. The number of piperidine rings is 1. The molecule has 3 aliphatic carbocycles. The summed E-state index contributed by atoms with van der Waals surface area (Å²) < 4.78 is 34.8. The van der Waals surface area contributed by atoms with Crippen molar-refractivity contribution in [3.8, 4) is 5.75 Å². The first-order chi connectivity index (χ1) is 18.1. The fraction of sp³-hybridized carbons (Fsp3) is 0.581. The van der Waals surface area contributed by atoms with E-state index in [0.29, 0.717) is 35.9 Å². The van der Waals surface area contributed by atoms with E-state index in [-0.39, 0.29) is 27.7 Å². The number of fused-ring (bicyclic) bond motifs is 5. The summed E-state index contributed by atoms with van der Waals surface area (Å²) in [4.78, 5) is 12.3. The van der Waals surface area contributed by atoms with Gasteiger partial charge in [-0.05, 0) is 111 Å². The summed E-state index contributed by atoms with van der Waals surface area (Å²) >= 11 is 0. The second kappa shape index (κ2) is 9.29. The smallest absolute Gasteiger partial charge is 0.261 e. The molecule has 1 amide bonds. The number of carbonyl (C=O) groups is 1. The van der Waals surface area contributed by atoms with Gasteiger partial charge in [0.25, 0.3) is 10.0 Å². The molecule has 2 unspecified atom stereocenters. The number of sulfonamides is 1. The lowest BCUT2D eigenvalue weighted by Gasteiger charge is -2.60. The Hall–Kier alpha value is -2.54. The summed E-state index contributed by atoms with van der Waals surface area (Å²) in [5.41, 5.74) is 1.91. The predicted molar refractivity (Wildman–Crippen MR) is 148 cm³/mol. The van der Waals surface area contributed by atoms with Crippen LogP contribution in [0.2, 0.25) is 0 Å². The highest BCUT2D eigenvalue weighted by Gasteiger charge is 2.61. The predicted octanol–water partition coefficient (Wildman–Crippen LogP) is 6.06. The van der Waals surface area contributed by atoms with Gasteiger partial charge in [0.2, 0.25) is 5.91 Å². The van der Waals surface area contributed by atoms with Crippen LogP contribution in [0.4, 0.5) is 5.69 Å². The average molecular weight is 537 g/mol. The highest BCUT2D eigenvalue weighted by atomic mass is 32.2. The maximum absolute atomic E-state index is 12.8. The van der Waals surface area contributed by atoms with E-state index in [1.807, 2.05) is 19.1 Å². The van der Waals surface area contributed by atoms with Crippen molar-refractivity contribution in [1.82, 2.24) is 5.32 Å². The van der Waals surface area contributed by atoms with Gasteiger partial charge in [-0.3, -0.25) is 9.52 Å². The van der Waals surface area contributed by atoms with E-state index in [0.717, 1.165) is 37.0 Å². The monoisotopic (exact) mass is 536 g/mol. The Kier molecular flexibility index (Phi) is 6.29. The number of nitrogens with one attached hydrogen (secondary N) is 2. The molecule has 0 aromatic heterocycles. The molecule has 38 heavy (non-hydrogen) atoms. The first-order valence-electron chi connectivity index (χ1n) is 14.2. The molecule has 2 aromatic carbocycles. The summed E-state index contributed by atoms with van der Waals surface area (Å²) in [5.74, 6) is 3.07. The van der Waals surface area contributed by atoms with Crippen molar-refractivity contribution >= 4 is 21.6 Å². The maximum atomic E-state index is 12.8. The molecule has 3 saturated carbocycles. The van der Waals surface area contributed by atoms with Gasteiger partial charge in [-0.1, -0.05) is 31.5 Å². The van der Waals surface area contributed by atoms with Gasteiger partial charge in [0.15, 0.2) is 0 Å². The molecule has 1 saturated heterocycles. The van der Waals surface area contributed by atoms with Crippen LogP contribution in [-0.2, 0) is 14.8 Å². The molecule has 7 atom stereocenters. The molecule has 1 aliphatic heterocycles. The van der Waals surface area contributed by atoms with Crippen LogP contribution in [0.3, 0.4) is 0 Å². The van der Waals surface area contributed by atoms with Gasteiger partial charge in [-0.15, -0.1) is 0 Å². The van der Waals surface area contributed by atoms with Crippen molar-refractivity contribution in [2.75, 3.05) is 4.72 Å². The van der Waals surface area contributed by atoms with Crippen molar-refractivity contribution in [3.63, 3.8) is 0 Å². The lowest BCUT2D eigenvalue weighted by Crippen LogP contribution is -2.61. The van der Waals surface area contributed by atoms with E-state index >= 15 is 0 Å². The zero-order valence-electron chi connectivity index (χ0n) is 22.7. The van der Waals surface area contributed by atoms with Crippen LogP contribution in [-0.4, -0.2) is 26.5 Å². The van der Waals surface area contributed by atoms with Gasteiger partial charge in [0.05, 0.1) is 4.90 Å². The average Bonchev–Trinajstić information content (AvgIpc) is 3.22. The zero-order valence-corrected chi connectivity index (χ0v) is 23.5. The molecule has 6 rings (SSSR count). The van der Waals surface area contributed by atoms with Crippen LogP contribution in [0.25, 0.3) is 0 Å². The van der Waals surface area contributed by atoms with Crippen LogP contribution in [0.15, 0.2) is 53.4 Å². The first kappa shape index (κ1) is 25.7. The molecule has 4 fully saturated rings. The molecule has 2 aromatic rings. The lowest BCUT2D eigenvalue weighted by atomic mass is 9.47. The minimum atomic E-state index is -3.63. The largest absolute Gasteiger partial charge is 0.490 e. The van der Waals surface area contributed by atoms with Crippen molar-refractivity contribution in [2.24, 2.45) is 28.6 Å². The molecule has 0 spiro atoms. The molecule has 1 heterocycles. The number of hydrogen-bond acceptors (Lipinski definition) is 4. The second-order valence-electron chi connectivity index (χ2n) is 12.8. The SMILES string of the molecule is Cc1ccc(S(=O)(=O)Nc2ccc(OC3CC[C@H]4[C@@H]5CCC6NC(=O)CC[C@]6(C)[C@@H]5CC[C@]34C)cc2)cc1. The highest BCUT2D eigenvalue weighted by Crippen LogP contribution is 2.64. The van der Waals surface area contributed by atoms with Gasteiger partial charge in [0.1, 0.15) is 11.9 Å². The number of carbonyl (C=O) groups excluding carboxylic acids is 1. The molecule has 204 valence electrons. The molecular weight excluding hydrogens is 496 g/mol. The number of anilines is 1. The van der Waals surface area contributed by atoms with E-state index in [1.54, 1.807) is 36.4 Å². The van der Waals surface area contributed by atoms with E-state index in [2.05, 4.69) is 23.9 Å². The van der Waals surface area contributed by atoms with Crippen LogP contribution in [0.1, 0.15) is 70.8 Å². The fourth-order valence-electron chi connectivity index (χ4n) is 8.54. The topological polar surface area (TPSA) is 84.5 Å². The Bertz CT molecular complexity index is 1310. The van der Waals surface area contributed by atoms with Gasteiger partial charge in [-0.2, -0.15) is 0 Å². The number of aryl methyl sites for hydroxylation is 1. The quantitative estimate of drug-likeness (QED) is 0.486. The first-order valence-corrected chi connectivity index (χ1v) is 15.7. The third-order valence-electron chi connectivity index (χ3n) is 10.7. The lowest BCUT2D eigenvalue weighted by molar-refractivity contribution is -0.137. The minimum absolute atomic E-state index is 0.147. The number of rotatable bonds is 5. The Balaban J connectivity index is 1.13. The van der Waals surface area contributed by atoms with Crippen LogP contribution in [0, 0.1) is 35.5 Å². The van der Waals surface area contributed by atoms with E-state index in [1.165, 1.54) is 19.3 Å². The Labute approximate surface area is 227 Å². The van der Waals surface area contributed by atoms with Crippen LogP contribution < -0.4 is 14.8 Å².